The van der Waals surface area contributed by atoms with Gasteiger partial charge in [-0.1, -0.05) is 71.7 Å². The highest BCUT2D eigenvalue weighted by atomic mass is 35.5. The van der Waals surface area contributed by atoms with Gasteiger partial charge < -0.3 is 5.11 Å². The number of Topliss-reactive ketones (excluding diaryl/α,β-unsaturated/α-hetero) is 1. The molecule has 4 aromatic rings. The molecule has 0 radical (unpaired) electrons. The van der Waals surface area contributed by atoms with Gasteiger partial charge in [-0.25, -0.2) is 4.39 Å². The fourth-order valence-corrected chi connectivity index (χ4v) is 4.52. The van der Waals surface area contributed by atoms with Gasteiger partial charge in [0.2, 0.25) is 0 Å². The summed E-state index contributed by atoms with van der Waals surface area (Å²) in [5.74, 6) is -2.67. The van der Waals surface area contributed by atoms with E-state index < -0.39 is 23.5 Å². The first-order valence-electron chi connectivity index (χ1n) is 10.4. The molecule has 1 heterocycles. The largest absolute Gasteiger partial charge is 0.507 e. The number of amides is 1. The number of rotatable bonds is 3. The summed E-state index contributed by atoms with van der Waals surface area (Å²) in [4.78, 5) is 27.6. The molecule has 1 aliphatic heterocycles. The third-order valence-corrected chi connectivity index (χ3v) is 6.55. The lowest BCUT2D eigenvalue weighted by Gasteiger charge is -2.25. The first-order valence-corrected chi connectivity index (χ1v) is 11.1. The van der Waals surface area contributed by atoms with E-state index in [0.29, 0.717) is 16.1 Å². The number of nitrogens with zero attached hydrogens (tertiary/aromatic N) is 1. The van der Waals surface area contributed by atoms with Crippen LogP contribution in [0.4, 0.5) is 10.1 Å². The van der Waals surface area contributed by atoms with E-state index in [2.05, 4.69) is 0 Å². The van der Waals surface area contributed by atoms with Gasteiger partial charge in [0.25, 0.3) is 11.7 Å². The predicted molar refractivity (Wildman–Crippen MR) is 132 cm³/mol. The number of carbonyl (C=O) groups is 2. The van der Waals surface area contributed by atoms with Gasteiger partial charge in [-0.2, -0.15) is 0 Å². The number of ketones is 1. The fraction of sp³-hybridized carbons (Fsp3) is 0.0370. The number of aliphatic hydroxyl groups excluding tert-OH is 1. The Hall–Kier alpha value is -3.67. The monoisotopic (exact) mass is 491 g/mol. The molecule has 168 valence electrons. The molecule has 0 bridgehead atoms. The molecule has 1 fully saturated rings. The molecule has 1 atom stereocenters. The lowest BCUT2D eigenvalue weighted by molar-refractivity contribution is -0.132. The Morgan fingerprint density at radius 2 is 1.59 bits per heavy atom. The number of aliphatic hydroxyl groups is 1. The summed E-state index contributed by atoms with van der Waals surface area (Å²) in [7, 11) is 0. The number of anilines is 1. The van der Waals surface area contributed by atoms with Crippen LogP contribution in [0.3, 0.4) is 0 Å². The standard InChI is InChI=1S/C27H16Cl2FNO3/c28-21-11-10-17(13-22(21)29)24-23(25(32)18-9-8-15-4-1-2-5-16(15)12-18)26(33)27(34)31(24)20-7-3-6-19(30)14-20/h1-14,24,32H/b25-23-. The van der Waals surface area contributed by atoms with Crippen LogP contribution in [0.5, 0.6) is 0 Å². The summed E-state index contributed by atoms with van der Waals surface area (Å²) in [5, 5.41) is 13.6. The number of halogens is 3. The normalized spacial score (nSPS) is 17.5. The average molecular weight is 492 g/mol. The summed E-state index contributed by atoms with van der Waals surface area (Å²) in [6.07, 6.45) is 0. The molecular weight excluding hydrogens is 476 g/mol. The maximum absolute atomic E-state index is 14.0. The van der Waals surface area contributed by atoms with Gasteiger partial charge in [-0.15, -0.1) is 0 Å². The molecule has 0 saturated carbocycles. The summed E-state index contributed by atoms with van der Waals surface area (Å²) in [5.41, 5.74) is 0.875. The Labute approximate surface area is 204 Å². The van der Waals surface area contributed by atoms with Crippen LogP contribution in [0.2, 0.25) is 10.0 Å². The summed E-state index contributed by atoms with van der Waals surface area (Å²) in [6.45, 7) is 0. The van der Waals surface area contributed by atoms with Gasteiger partial charge in [0.05, 0.1) is 21.7 Å². The van der Waals surface area contributed by atoms with Crippen molar-refractivity contribution in [3.05, 3.63) is 117 Å². The van der Waals surface area contributed by atoms with Crippen molar-refractivity contribution in [3.63, 3.8) is 0 Å². The highest BCUT2D eigenvalue weighted by molar-refractivity contribution is 6.52. The van der Waals surface area contributed by atoms with E-state index in [0.717, 1.165) is 21.7 Å². The number of hydrogen-bond donors (Lipinski definition) is 1. The molecule has 1 aliphatic rings. The van der Waals surface area contributed by atoms with Gasteiger partial charge in [-0.05, 0) is 52.7 Å². The van der Waals surface area contributed by atoms with Crippen LogP contribution in [0, 0.1) is 5.82 Å². The molecule has 0 aromatic heterocycles. The first-order chi connectivity index (χ1) is 16.3. The van der Waals surface area contributed by atoms with Crippen LogP contribution in [0.25, 0.3) is 16.5 Å². The second-order valence-electron chi connectivity index (χ2n) is 7.88. The van der Waals surface area contributed by atoms with E-state index in [4.69, 9.17) is 23.2 Å². The third-order valence-electron chi connectivity index (χ3n) is 5.81. The molecule has 1 N–H and O–H groups in total. The Morgan fingerprint density at radius 1 is 0.824 bits per heavy atom. The van der Waals surface area contributed by atoms with Crippen molar-refractivity contribution in [1.29, 1.82) is 0 Å². The zero-order valence-corrected chi connectivity index (χ0v) is 19.0. The van der Waals surface area contributed by atoms with Gasteiger partial charge >= 0.3 is 0 Å². The maximum Gasteiger partial charge on any atom is 0.300 e. The third kappa shape index (κ3) is 3.73. The first kappa shape index (κ1) is 22.1. The highest BCUT2D eigenvalue weighted by Crippen LogP contribution is 2.43. The van der Waals surface area contributed by atoms with Crippen LogP contribution < -0.4 is 4.90 Å². The molecule has 4 nitrogen and oxygen atoms in total. The number of carbonyl (C=O) groups excluding carboxylic acids is 2. The second kappa shape index (κ2) is 8.60. The highest BCUT2D eigenvalue weighted by Gasteiger charge is 2.47. The number of fused-ring (bicyclic) bond motifs is 1. The van der Waals surface area contributed by atoms with Crippen LogP contribution in [0.1, 0.15) is 17.2 Å². The van der Waals surface area contributed by atoms with E-state index in [9.17, 15) is 19.1 Å². The number of benzene rings is 4. The molecule has 7 heteroatoms. The van der Waals surface area contributed by atoms with E-state index in [1.54, 1.807) is 24.3 Å². The molecule has 0 spiro atoms. The minimum Gasteiger partial charge on any atom is -0.507 e. The zero-order valence-electron chi connectivity index (χ0n) is 17.5. The van der Waals surface area contributed by atoms with Gasteiger partial charge in [0.1, 0.15) is 11.6 Å². The molecule has 34 heavy (non-hydrogen) atoms. The van der Waals surface area contributed by atoms with Crippen molar-refractivity contribution in [2.24, 2.45) is 0 Å². The van der Waals surface area contributed by atoms with Crippen molar-refractivity contribution in [2.75, 3.05) is 4.90 Å². The Bertz CT molecular complexity index is 1520. The maximum atomic E-state index is 14.0. The van der Waals surface area contributed by atoms with Crippen molar-refractivity contribution in [1.82, 2.24) is 0 Å². The van der Waals surface area contributed by atoms with Crippen LogP contribution in [-0.4, -0.2) is 16.8 Å². The zero-order chi connectivity index (χ0) is 24.0. The van der Waals surface area contributed by atoms with Crippen molar-refractivity contribution in [2.45, 2.75) is 6.04 Å². The molecule has 1 amide bonds. The quantitative estimate of drug-likeness (QED) is 0.192. The fourth-order valence-electron chi connectivity index (χ4n) is 4.21. The van der Waals surface area contributed by atoms with E-state index >= 15 is 0 Å². The molecule has 1 saturated heterocycles. The van der Waals surface area contributed by atoms with E-state index in [1.807, 2.05) is 30.3 Å². The van der Waals surface area contributed by atoms with Crippen LogP contribution in [-0.2, 0) is 9.59 Å². The summed E-state index contributed by atoms with van der Waals surface area (Å²) in [6, 6.07) is 21.8. The van der Waals surface area contributed by atoms with Crippen LogP contribution >= 0.6 is 23.2 Å². The van der Waals surface area contributed by atoms with E-state index in [-0.39, 0.29) is 22.0 Å². The minimum atomic E-state index is -1.04. The van der Waals surface area contributed by atoms with Crippen LogP contribution in [0.15, 0.2) is 90.5 Å². The average Bonchev–Trinajstić information content (AvgIpc) is 3.10. The van der Waals surface area contributed by atoms with Crippen molar-refractivity contribution in [3.8, 4) is 0 Å². The lowest BCUT2D eigenvalue weighted by Crippen LogP contribution is -2.29. The van der Waals surface area contributed by atoms with E-state index in [1.165, 1.54) is 24.3 Å². The second-order valence-corrected chi connectivity index (χ2v) is 8.70. The Kier molecular flexibility index (Phi) is 5.60. The Morgan fingerprint density at radius 3 is 2.32 bits per heavy atom. The minimum absolute atomic E-state index is 0.122. The lowest BCUT2D eigenvalue weighted by atomic mass is 9.94. The summed E-state index contributed by atoms with van der Waals surface area (Å²) >= 11 is 12.3. The predicted octanol–water partition coefficient (Wildman–Crippen LogP) is 6.91. The molecule has 5 rings (SSSR count). The van der Waals surface area contributed by atoms with Crippen molar-refractivity contribution < 1.29 is 19.1 Å². The molecule has 4 aromatic carbocycles. The molecule has 0 aliphatic carbocycles. The molecule has 1 unspecified atom stereocenters. The molecular formula is C27H16Cl2FNO3. The van der Waals surface area contributed by atoms with Gasteiger partial charge in [-0.3, -0.25) is 14.5 Å². The summed E-state index contributed by atoms with van der Waals surface area (Å²) < 4.78 is 14.0. The van der Waals surface area contributed by atoms with Crippen molar-refractivity contribution >= 4 is 57.1 Å². The smallest absolute Gasteiger partial charge is 0.300 e. The Balaban J connectivity index is 1.75. The van der Waals surface area contributed by atoms with Gasteiger partial charge in [0, 0.05) is 11.3 Å². The number of hydrogen-bond acceptors (Lipinski definition) is 3. The topological polar surface area (TPSA) is 57.6 Å². The van der Waals surface area contributed by atoms with Gasteiger partial charge in [0.15, 0.2) is 0 Å². The SMILES string of the molecule is O=C1C(=O)N(c2cccc(F)c2)C(c2ccc(Cl)c(Cl)c2)/C1=C(/O)c1ccc2ccccc2c1.